The SMILES string of the molecule is COC(=O)[C@@]1(S)C[C@H](OC(C)=O)[C@@H](NC(C)=O)[C@H]([C@@H](OC(C)=O)[C@@H](COC(C)=O)OC(C)=O)O1. The van der Waals surface area contributed by atoms with Crippen LogP contribution in [0.1, 0.15) is 41.0 Å². The van der Waals surface area contributed by atoms with Crippen LogP contribution in [0.4, 0.5) is 0 Å². The number of thiol groups is 1. The van der Waals surface area contributed by atoms with E-state index < -0.39 is 77.8 Å². The van der Waals surface area contributed by atoms with Crippen molar-refractivity contribution in [3.05, 3.63) is 0 Å². The van der Waals surface area contributed by atoms with Crippen LogP contribution in [0.25, 0.3) is 0 Å². The number of carbonyl (C=O) groups excluding carboxylic acids is 6. The molecule has 0 aromatic carbocycles. The molecule has 34 heavy (non-hydrogen) atoms. The third-order valence-corrected chi connectivity index (χ3v) is 4.99. The molecule has 1 N–H and O–H groups in total. The summed E-state index contributed by atoms with van der Waals surface area (Å²) in [5.74, 6) is -4.69. The van der Waals surface area contributed by atoms with Crippen molar-refractivity contribution < 1.29 is 57.2 Å². The van der Waals surface area contributed by atoms with Crippen LogP contribution in [0, 0.1) is 0 Å². The van der Waals surface area contributed by atoms with Crippen LogP contribution >= 0.6 is 12.6 Å². The molecular weight excluding hydrogens is 478 g/mol. The molecular formula is C20H29NO12S. The highest BCUT2D eigenvalue weighted by Crippen LogP contribution is 2.38. The molecule has 0 spiro atoms. The van der Waals surface area contributed by atoms with Crippen LogP contribution in [-0.2, 0) is 57.2 Å². The van der Waals surface area contributed by atoms with Crippen molar-refractivity contribution in [1.82, 2.24) is 5.32 Å². The molecule has 1 fully saturated rings. The predicted octanol–water partition coefficient (Wildman–Crippen LogP) is -0.563. The third-order valence-electron chi connectivity index (χ3n) is 4.52. The molecule has 1 saturated heterocycles. The fourth-order valence-corrected chi connectivity index (χ4v) is 3.81. The molecule has 1 rings (SSSR count). The maximum absolute atomic E-state index is 12.5. The van der Waals surface area contributed by atoms with E-state index in [0.717, 1.165) is 34.8 Å². The minimum absolute atomic E-state index is 0.348. The predicted molar refractivity (Wildman–Crippen MR) is 114 cm³/mol. The molecule has 0 saturated carbocycles. The zero-order valence-electron chi connectivity index (χ0n) is 19.6. The number of hydrogen-bond donors (Lipinski definition) is 2. The number of nitrogens with one attached hydrogen (secondary N) is 1. The van der Waals surface area contributed by atoms with Gasteiger partial charge in [0, 0.05) is 41.0 Å². The van der Waals surface area contributed by atoms with E-state index in [1.54, 1.807) is 0 Å². The van der Waals surface area contributed by atoms with E-state index in [2.05, 4.69) is 17.9 Å². The van der Waals surface area contributed by atoms with Gasteiger partial charge >= 0.3 is 29.8 Å². The highest BCUT2D eigenvalue weighted by atomic mass is 32.1. The molecule has 0 bridgehead atoms. The van der Waals surface area contributed by atoms with Gasteiger partial charge in [-0.1, -0.05) is 0 Å². The van der Waals surface area contributed by atoms with E-state index >= 15 is 0 Å². The fourth-order valence-electron chi connectivity index (χ4n) is 3.41. The summed E-state index contributed by atoms with van der Waals surface area (Å²) in [4.78, 5) is 69.3. The standard InChI is InChI=1S/C20H29NO12S/c1-9(22)21-16-14(30-11(3)24)7-20(34,19(27)28-6)33-18(16)17(32-13(5)26)15(31-12(4)25)8-29-10(2)23/h14-18,34H,7-8H2,1-6H3,(H,21,22)/t14-,15+,16+,17-,18+,20-/m0/s1. The van der Waals surface area contributed by atoms with Gasteiger partial charge in [-0.15, -0.1) is 12.6 Å². The van der Waals surface area contributed by atoms with Gasteiger partial charge in [0.1, 0.15) is 18.8 Å². The van der Waals surface area contributed by atoms with E-state index in [-0.39, 0.29) is 6.42 Å². The highest BCUT2D eigenvalue weighted by Gasteiger charge is 2.56. The summed E-state index contributed by atoms with van der Waals surface area (Å²) in [6.45, 7) is 4.95. The van der Waals surface area contributed by atoms with Gasteiger partial charge in [-0.2, -0.15) is 0 Å². The lowest BCUT2D eigenvalue weighted by atomic mass is 9.89. The molecule has 0 aromatic rings. The van der Waals surface area contributed by atoms with Gasteiger partial charge in [-0.05, 0) is 0 Å². The van der Waals surface area contributed by atoms with E-state index in [0.29, 0.717) is 0 Å². The smallest absolute Gasteiger partial charge is 0.348 e. The summed E-state index contributed by atoms with van der Waals surface area (Å²) in [5.41, 5.74) is 0. The second-order valence-electron chi connectivity index (χ2n) is 7.46. The van der Waals surface area contributed by atoms with Crippen LogP contribution < -0.4 is 5.32 Å². The van der Waals surface area contributed by atoms with Gasteiger partial charge in [-0.3, -0.25) is 24.0 Å². The van der Waals surface area contributed by atoms with Crippen LogP contribution in [0.5, 0.6) is 0 Å². The Labute approximate surface area is 201 Å². The average molecular weight is 508 g/mol. The molecule has 0 unspecified atom stereocenters. The second-order valence-corrected chi connectivity index (χ2v) is 8.18. The van der Waals surface area contributed by atoms with Gasteiger partial charge in [0.15, 0.2) is 12.2 Å². The molecule has 0 aliphatic carbocycles. The topological polar surface area (TPSA) is 170 Å². The van der Waals surface area contributed by atoms with Crippen molar-refractivity contribution in [3.63, 3.8) is 0 Å². The molecule has 192 valence electrons. The summed E-state index contributed by atoms with van der Waals surface area (Å²) in [6.07, 6.45) is -6.02. The Hall–Kier alpha value is -2.87. The number of esters is 5. The third kappa shape index (κ3) is 8.48. The summed E-state index contributed by atoms with van der Waals surface area (Å²) in [5, 5.41) is 2.54. The van der Waals surface area contributed by atoms with Crippen LogP contribution in [-0.4, -0.2) is 84.9 Å². The van der Waals surface area contributed by atoms with Crippen LogP contribution in [0.2, 0.25) is 0 Å². The maximum Gasteiger partial charge on any atom is 0.348 e. The van der Waals surface area contributed by atoms with Gasteiger partial charge in [0.25, 0.3) is 0 Å². The summed E-state index contributed by atoms with van der Waals surface area (Å²) >= 11 is 4.27. The number of amides is 1. The lowest BCUT2D eigenvalue weighted by Crippen LogP contribution is -2.67. The Kier molecular flexibility index (Phi) is 10.8. The fraction of sp³-hybridized carbons (Fsp3) is 0.700. The van der Waals surface area contributed by atoms with Crippen molar-refractivity contribution in [3.8, 4) is 0 Å². The van der Waals surface area contributed by atoms with E-state index in [4.69, 9.17) is 28.4 Å². The zero-order valence-corrected chi connectivity index (χ0v) is 20.5. The van der Waals surface area contributed by atoms with Gasteiger partial charge in [-0.25, -0.2) is 4.79 Å². The Morgan fingerprint density at radius 2 is 1.56 bits per heavy atom. The summed E-state index contributed by atoms with van der Waals surface area (Å²) in [6, 6.07) is -1.20. The molecule has 1 aliphatic rings. The van der Waals surface area contributed by atoms with Crippen molar-refractivity contribution in [2.45, 2.75) is 76.4 Å². The van der Waals surface area contributed by atoms with E-state index in [1.807, 2.05) is 0 Å². The van der Waals surface area contributed by atoms with Crippen LogP contribution in [0.3, 0.4) is 0 Å². The highest BCUT2D eigenvalue weighted by molar-refractivity contribution is 7.82. The van der Waals surface area contributed by atoms with E-state index in [1.165, 1.54) is 6.92 Å². The first-order valence-electron chi connectivity index (χ1n) is 10.1. The van der Waals surface area contributed by atoms with Crippen LogP contribution in [0.15, 0.2) is 0 Å². The van der Waals surface area contributed by atoms with Gasteiger partial charge in [0.2, 0.25) is 10.8 Å². The molecule has 13 nitrogen and oxygen atoms in total. The largest absolute Gasteiger partial charge is 0.466 e. The molecule has 0 aromatic heterocycles. The second kappa shape index (κ2) is 12.6. The first kappa shape index (κ1) is 29.2. The lowest BCUT2D eigenvalue weighted by Gasteiger charge is -2.47. The summed E-state index contributed by atoms with van der Waals surface area (Å²) in [7, 11) is 1.07. The first-order chi connectivity index (χ1) is 15.7. The number of carbonyl (C=O) groups is 6. The zero-order chi connectivity index (χ0) is 26.2. The number of methoxy groups -OCH3 is 1. The van der Waals surface area contributed by atoms with Crippen molar-refractivity contribution in [2.24, 2.45) is 0 Å². The first-order valence-corrected chi connectivity index (χ1v) is 10.6. The molecule has 1 heterocycles. The molecule has 1 amide bonds. The van der Waals surface area contributed by atoms with Crippen molar-refractivity contribution in [2.75, 3.05) is 13.7 Å². The monoisotopic (exact) mass is 507 g/mol. The molecule has 1 aliphatic heterocycles. The maximum atomic E-state index is 12.5. The minimum atomic E-state index is -2.02. The number of rotatable bonds is 9. The lowest BCUT2D eigenvalue weighted by molar-refractivity contribution is -0.223. The van der Waals surface area contributed by atoms with Gasteiger partial charge in [0.05, 0.1) is 13.2 Å². The quantitative estimate of drug-likeness (QED) is 0.232. The Morgan fingerprint density at radius 1 is 0.971 bits per heavy atom. The molecule has 6 atom stereocenters. The van der Waals surface area contributed by atoms with Crippen molar-refractivity contribution in [1.29, 1.82) is 0 Å². The number of hydrogen-bond acceptors (Lipinski definition) is 13. The Morgan fingerprint density at radius 3 is 2.00 bits per heavy atom. The average Bonchev–Trinajstić information content (AvgIpc) is 2.69. The normalized spacial score (nSPS) is 25.7. The number of ether oxygens (including phenoxy) is 6. The van der Waals surface area contributed by atoms with Crippen molar-refractivity contribution >= 4 is 48.4 Å². The van der Waals surface area contributed by atoms with E-state index in [9.17, 15) is 28.8 Å². The molecule has 14 heteroatoms. The Balaban J connectivity index is 3.64. The molecule has 0 radical (unpaired) electrons. The Bertz CT molecular complexity index is 817. The summed E-state index contributed by atoms with van der Waals surface area (Å²) < 4.78 is 31.4. The van der Waals surface area contributed by atoms with Gasteiger partial charge < -0.3 is 33.7 Å². The minimum Gasteiger partial charge on any atom is -0.466 e.